The molecule has 0 atom stereocenters. The van der Waals surface area contributed by atoms with Gasteiger partial charge < -0.3 is 9.90 Å². The normalized spacial score (nSPS) is 9.00. The number of phenolic OH excluding ortho intramolecular Hbond substituents is 1. The van der Waals surface area contributed by atoms with Crippen LogP contribution in [-0.2, 0) is 17.1 Å². The fraction of sp³-hybridized carbons (Fsp3) is 0. The Kier molecular flexibility index (Phi) is 6.51. The summed E-state index contributed by atoms with van der Waals surface area (Å²) in [6.45, 7) is 0. The van der Waals surface area contributed by atoms with E-state index in [9.17, 15) is 4.79 Å². The van der Waals surface area contributed by atoms with E-state index in [-0.39, 0.29) is 28.6 Å². The minimum absolute atomic E-state index is 0. The van der Waals surface area contributed by atoms with Gasteiger partial charge in [0, 0.05) is 0 Å². The third-order valence-corrected chi connectivity index (χ3v) is 2.61. The summed E-state index contributed by atoms with van der Waals surface area (Å²) in [6.07, 6.45) is 0. The second kappa shape index (κ2) is 8.15. The molecule has 102 valence electrons. The summed E-state index contributed by atoms with van der Waals surface area (Å²) in [5.74, 6) is 0.152. The van der Waals surface area contributed by atoms with Crippen LogP contribution >= 0.6 is 0 Å². The van der Waals surface area contributed by atoms with E-state index >= 15 is 0 Å². The number of hydrogen-bond acceptors (Lipinski definition) is 2. The summed E-state index contributed by atoms with van der Waals surface area (Å²) in [5, 5.41) is 9.06. The van der Waals surface area contributed by atoms with Crippen LogP contribution in [0.3, 0.4) is 0 Å². The maximum atomic E-state index is 11.7. The maximum absolute atomic E-state index is 11.7. The van der Waals surface area contributed by atoms with E-state index in [0.717, 1.165) is 0 Å². The molecule has 3 heteroatoms. The Morgan fingerprint density at radius 2 is 1.50 bits per heavy atom. The maximum Gasteiger partial charge on any atom is 2.00 e. The molecule has 0 radical (unpaired) electrons. The van der Waals surface area contributed by atoms with Crippen molar-refractivity contribution in [1.82, 2.24) is 0 Å². The Morgan fingerprint density at radius 3 is 1.95 bits per heavy atom. The van der Waals surface area contributed by atoms with Crippen LogP contribution in [0.25, 0.3) is 0 Å². The van der Waals surface area contributed by atoms with E-state index in [1.165, 1.54) is 12.1 Å². The molecule has 0 aliphatic rings. The van der Waals surface area contributed by atoms with E-state index in [0.29, 0.717) is 11.1 Å². The number of carbonyl (C=O) groups is 1. The summed E-state index contributed by atoms with van der Waals surface area (Å²) in [7, 11) is 0. The molecule has 0 aliphatic heterocycles. The molecule has 0 amide bonds. The first-order chi connectivity index (χ1) is 9.27. The molecule has 0 bridgehead atoms. The molecule has 0 heterocycles. The van der Waals surface area contributed by atoms with E-state index in [4.69, 9.17) is 5.11 Å². The number of carbonyl (C=O) groups excluding carboxylic acids is 1. The first-order valence-electron chi connectivity index (χ1n) is 5.99. The van der Waals surface area contributed by atoms with Crippen LogP contribution in [0.15, 0.2) is 78.9 Å². The zero-order chi connectivity index (χ0) is 13.5. The number of rotatable bonds is 2. The molecule has 0 fully saturated rings. The predicted octanol–water partition coefficient (Wildman–Crippen LogP) is 3.75. The predicted molar refractivity (Wildman–Crippen MR) is 75.6 cm³/mol. The van der Waals surface area contributed by atoms with E-state index in [1.54, 1.807) is 24.3 Å². The summed E-state index contributed by atoms with van der Waals surface area (Å²) >= 11 is 0. The largest absolute Gasteiger partial charge is 2.00 e. The fourth-order valence-electron chi connectivity index (χ4n) is 1.63. The molecule has 0 saturated heterocycles. The molecule has 0 saturated carbocycles. The monoisotopic (exact) mass is 306 g/mol. The Hall–Kier alpha value is -2.09. The van der Waals surface area contributed by atoms with Crippen molar-refractivity contribution in [1.29, 1.82) is 0 Å². The molecule has 3 aromatic carbocycles. The summed E-state index contributed by atoms with van der Waals surface area (Å²) < 4.78 is 0. The summed E-state index contributed by atoms with van der Waals surface area (Å²) in [4.78, 5) is 11.7. The Labute approximate surface area is 128 Å². The smallest absolute Gasteiger partial charge is 0.508 e. The zero-order valence-corrected chi connectivity index (χ0v) is 11.8. The number of hydrogen-bond donors (Lipinski definition) is 1. The van der Waals surface area contributed by atoms with Gasteiger partial charge in [-0.15, -0.1) is 12.1 Å². The van der Waals surface area contributed by atoms with Crippen molar-refractivity contribution in [3.8, 4) is 5.75 Å². The quantitative estimate of drug-likeness (QED) is 0.445. The van der Waals surface area contributed by atoms with Crippen molar-refractivity contribution in [2.75, 3.05) is 0 Å². The third kappa shape index (κ3) is 4.54. The molecule has 1 N–H and O–H groups in total. The Morgan fingerprint density at radius 1 is 0.950 bits per heavy atom. The van der Waals surface area contributed by atoms with Gasteiger partial charge in [0.1, 0.15) is 11.5 Å². The Bertz CT molecular complexity index is 576. The number of aromatic hydroxyl groups is 1. The molecule has 3 aromatic rings. The van der Waals surface area contributed by atoms with Crippen LogP contribution in [0, 0.1) is 0 Å². The summed E-state index contributed by atoms with van der Waals surface area (Å²) in [6, 6.07) is 23.5. The van der Waals surface area contributed by atoms with Gasteiger partial charge in [-0.2, -0.15) is 30.3 Å². The van der Waals surface area contributed by atoms with Crippen molar-refractivity contribution in [2.24, 2.45) is 0 Å². The van der Waals surface area contributed by atoms with Gasteiger partial charge >= 0.3 is 17.1 Å². The minimum atomic E-state index is -0.0185. The number of ketones is 1. The van der Waals surface area contributed by atoms with E-state index in [1.807, 2.05) is 42.5 Å². The molecule has 0 unspecified atom stereocenters. The fourth-order valence-corrected chi connectivity index (χ4v) is 1.63. The van der Waals surface area contributed by atoms with Crippen LogP contribution in [0.4, 0.5) is 0 Å². The molecule has 3 rings (SSSR count). The molecule has 0 aliphatic carbocycles. The molecular weight excluding hydrogens is 292 g/mol. The number of benzene rings is 1. The van der Waals surface area contributed by atoms with Crippen LogP contribution in [-0.4, -0.2) is 10.9 Å². The second-order valence-electron chi connectivity index (χ2n) is 4.01. The van der Waals surface area contributed by atoms with Crippen molar-refractivity contribution in [2.45, 2.75) is 0 Å². The van der Waals surface area contributed by atoms with Crippen molar-refractivity contribution in [3.63, 3.8) is 0 Å². The Balaban J connectivity index is 0.000000283. The molecule has 2 nitrogen and oxygen atoms in total. The SMILES string of the molecule is O=C(c1ccc(O)cc1)[c-]1cccc1.[Fe+2].c1cc[cH-]c1. The van der Waals surface area contributed by atoms with E-state index in [2.05, 4.69) is 0 Å². The van der Waals surface area contributed by atoms with Gasteiger partial charge in [-0.25, -0.2) is 12.1 Å². The van der Waals surface area contributed by atoms with Gasteiger partial charge in [-0.3, -0.25) is 0 Å². The van der Waals surface area contributed by atoms with Crippen molar-refractivity contribution >= 4 is 5.78 Å². The summed E-state index contributed by atoms with van der Waals surface area (Å²) in [5.41, 5.74) is 1.27. The van der Waals surface area contributed by atoms with Crippen LogP contribution in [0.5, 0.6) is 5.75 Å². The van der Waals surface area contributed by atoms with Crippen LogP contribution < -0.4 is 0 Å². The molecule has 0 aromatic heterocycles. The van der Waals surface area contributed by atoms with E-state index < -0.39 is 0 Å². The molecule has 20 heavy (non-hydrogen) atoms. The van der Waals surface area contributed by atoms with Crippen molar-refractivity contribution in [3.05, 3.63) is 90.0 Å². The van der Waals surface area contributed by atoms with Crippen molar-refractivity contribution < 1.29 is 27.0 Å². The standard InChI is InChI=1S/C12H9O2.C5H5.Fe/c13-11-7-5-10(6-8-11)12(14)9-3-1-2-4-9;1-2-4-5-3-1;/h1-8,13H;1-5H;/q2*-1;+2. The van der Waals surface area contributed by atoms with Gasteiger partial charge in [-0.05, 0) is 17.7 Å². The topological polar surface area (TPSA) is 37.3 Å². The average Bonchev–Trinajstić information content (AvgIpc) is 3.15. The van der Waals surface area contributed by atoms with Crippen LogP contribution in [0.2, 0.25) is 0 Å². The van der Waals surface area contributed by atoms with Gasteiger partial charge in [-0.1, -0.05) is 17.7 Å². The number of phenols is 1. The van der Waals surface area contributed by atoms with Gasteiger partial charge in [0.2, 0.25) is 0 Å². The third-order valence-electron chi connectivity index (χ3n) is 2.61. The van der Waals surface area contributed by atoms with Gasteiger partial charge in [0.25, 0.3) is 0 Å². The zero-order valence-electron chi connectivity index (χ0n) is 10.7. The van der Waals surface area contributed by atoms with Gasteiger partial charge in [0.15, 0.2) is 0 Å². The first-order valence-corrected chi connectivity index (χ1v) is 5.99. The molecular formula is C17H14FeO2. The average molecular weight is 306 g/mol. The first kappa shape index (κ1) is 16.0. The van der Waals surface area contributed by atoms with Gasteiger partial charge in [0.05, 0.1) is 0 Å². The van der Waals surface area contributed by atoms with Crippen LogP contribution in [0.1, 0.15) is 15.9 Å². The minimum Gasteiger partial charge on any atom is -0.508 e. The second-order valence-corrected chi connectivity index (χ2v) is 4.01. The molecule has 0 spiro atoms.